The first-order valence-corrected chi connectivity index (χ1v) is 7.44. The summed E-state index contributed by atoms with van der Waals surface area (Å²) in [5.74, 6) is 0. The number of anilines is 1. The number of fused-ring (bicyclic) bond motifs is 1. The van der Waals surface area contributed by atoms with Gasteiger partial charge in [-0.25, -0.2) is 0 Å². The molecule has 19 heavy (non-hydrogen) atoms. The second kappa shape index (κ2) is 4.67. The van der Waals surface area contributed by atoms with Crippen LogP contribution < -0.4 is 9.62 Å². The van der Waals surface area contributed by atoms with E-state index in [4.69, 9.17) is 0 Å². The van der Waals surface area contributed by atoms with Crippen molar-refractivity contribution in [3.05, 3.63) is 42.1 Å². The zero-order chi connectivity index (χ0) is 13.3. The van der Waals surface area contributed by atoms with Crippen LogP contribution in [-0.4, -0.2) is 31.7 Å². The second-order valence-electron chi connectivity index (χ2n) is 4.30. The van der Waals surface area contributed by atoms with Crippen LogP contribution in [0.5, 0.6) is 0 Å². The standard InChI is InChI=1S/C12H14N4O2S/c17-19(18,12-5-6-14-15-12)16-8-7-13-9-10-3-1-2-4-11(10)16/h1-6,13H,7-9H2,(H,14,15). The van der Waals surface area contributed by atoms with Crippen molar-refractivity contribution in [1.29, 1.82) is 0 Å². The van der Waals surface area contributed by atoms with Gasteiger partial charge in [0.15, 0.2) is 5.03 Å². The molecule has 7 heteroatoms. The van der Waals surface area contributed by atoms with Crippen molar-refractivity contribution in [2.75, 3.05) is 17.4 Å². The van der Waals surface area contributed by atoms with Gasteiger partial charge in [-0.1, -0.05) is 18.2 Å². The molecule has 2 heterocycles. The third-order valence-electron chi connectivity index (χ3n) is 3.11. The Bertz CT molecular complexity index is 667. The summed E-state index contributed by atoms with van der Waals surface area (Å²) in [6.07, 6.45) is 1.44. The number of nitrogens with one attached hydrogen (secondary N) is 2. The zero-order valence-electron chi connectivity index (χ0n) is 10.2. The molecule has 2 aromatic rings. The predicted octanol–water partition coefficient (Wildman–Crippen LogP) is 0.708. The summed E-state index contributed by atoms with van der Waals surface area (Å²) in [7, 11) is -3.58. The molecule has 0 bridgehead atoms. The summed E-state index contributed by atoms with van der Waals surface area (Å²) >= 11 is 0. The molecule has 0 aliphatic carbocycles. The van der Waals surface area contributed by atoms with Gasteiger partial charge in [-0.15, -0.1) is 0 Å². The topological polar surface area (TPSA) is 78.1 Å². The van der Waals surface area contributed by atoms with Gasteiger partial charge in [-0.05, 0) is 17.7 Å². The van der Waals surface area contributed by atoms with Gasteiger partial charge in [0.1, 0.15) is 0 Å². The van der Waals surface area contributed by atoms with Gasteiger partial charge in [0.25, 0.3) is 10.0 Å². The van der Waals surface area contributed by atoms with Crippen LogP contribution in [0.3, 0.4) is 0 Å². The number of H-pyrrole nitrogens is 1. The van der Waals surface area contributed by atoms with Crippen LogP contribution in [0.25, 0.3) is 0 Å². The minimum absolute atomic E-state index is 0.115. The average Bonchev–Trinajstić information content (AvgIpc) is 2.86. The number of hydrogen-bond acceptors (Lipinski definition) is 4. The molecule has 0 saturated heterocycles. The molecule has 3 rings (SSSR count). The molecule has 100 valence electrons. The van der Waals surface area contributed by atoms with E-state index in [0.29, 0.717) is 19.6 Å². The quantitative estimate of drug-likeness (QED) is 0.848. The first-order valence-electron chi connectivity index (χ1n) is 6.00. The molecule has 0 amide bonds. The summed E-state index contributed by atoms with van der Waals surface area (Å²) < 4.78 is 26.6. The molecule has 6 nitrogen and oxygen atoms in total. The fourth-order valence-electron chi connectivity index (χ4n) is 2.18. The monoisotopic (exact) mass is 278 g/mol. The highest BCUT2D eigenvalue weighted by molar-refractivity contribution is 7.92. The Morgan fingerprint density at radius 2 is 2.05 bits per heavy atom. The molecule has 1 aliphatic heterocycles. The minimum Gasteiger partial charge on any atom is -0.311 e. The highest BCUT2D eigenvalue weighted by atomic mass is 32.2. The fourth-order valence-corrected chi connectivity index (χ4v) is 3.59. The van der Waals surface area contributed by atoms with Crippen molar-refractivity contribution in [2.24, 2.45) is 0 Å². The van der Waals surface area contributed by atoms with E-state index in [2.05, 4.69) is 15.5 Å². The van der Waals surface area contributed by atoms with Crippen molar-refractivity contribution in [1.82, 2.24) is 15.5 Å². The average molecular weight is 278 g/mol. The van der Waals surface area contributed by atoms with Gasteiger partial charge in [0.05, 0.1) is 11.9 Å². The van der Waals surface area contributed by atoms with E-state index in [1.54, 1.807) is 0 Å². The van der Waals surface area contributed by atoms with Crippen LogP contribution in [0.2, 0.25) is 0 Å². The van der Waals surface area contributed by atoms with E-state index in [9.17, 15) is 8.42 Å². The third kappa shape index (κ3) is 2.11. The van der Waals surface area contributed by atoms with Crippen LogP contribution in [0.1, 0.15) is 5.56 Å². The predicted molar refractivity (Wildman–Crippen MR) is 71.3 cm³/mol. The van der Waals surface area contributed by atoms with Crippen LogP contribution in [0, 0.1) is 0 Å². The number of aromatic nitrogens is 2. The number of benzene rings is 1. The van der Waals surface area contributed by atoms with Crippen molar-refractivity contribution in [3.8, 4) is 0 Å². The van der Waals surface area contributed by atoms with Crippen molar-refractivity contribution in [2.45, 2.75) is 11.6 Å². The first-order chi connectivity index (χ1) is 9.19. The molecule has 0 atom stereocenters. The lowest BCUT2D eigenvalue weighted by molar-refractivity contribution is 0.585. The number of hydrogen-bond donors (Lipinski definition) is 2. The summed E-state index contributed by atoms with van der Waals surface area (Å²) in [5.41, 5.74) is 1.70. The lowest BCUT2D eigenvalue weighted by Crippen LogP contribution is -2.35. The number of para-hydroxylation sites is 1. The fraction of sp³-hybridized carbons (Fsp3) is 0.250. The van der Waals surface area contributed by atoms with Gasteiger partial charge in [0, 0.05) is 19.6 Å². The van der Waals surface area contributed by atoms with Crippen LogP contribution in [-0.2, 0) is 16.6 Å². The first kappa shape index (κ1) is 12.2. The summed E-state index contributed by atoms with van der Waals surface area (Å²) in [6.45, 7) is 1.69. The Kier molecular flexibility index (Phi) is 3.00. The van der Waals surface area contributed by atoms with E-state index < -0.39 is 10.0 Å². The lowest BCUT2D eigenvalue weighted by atomic mass is 10.2. The van der Waals surface area contributed by atoms with Crippen molar-refractivity contribution < 1.29 is 8.42 Å². The van der Waals surface area contributed by atoms with Crippen molar-refractivity contribution in [3.63, 3.8) is 0 Å². The van der Waals surface area contributed by atoms with E-state index in [1.807, 2.05) is 24.3 Å². The molecular formula is C12H14N4O2S. The third-order valence-corrected chi connectivity index (χ3v) is 4.85. The van der Waals surface area contributed by atoms with E-state index in [0.717, 1.165) is 11.3 Å². The molecule has 0 spiro atoms. The Morgan fingerprint density at radius 1 is 1.21 bits per heavy atom. The summed E-state index contributed by atoms with van der Waals surface area (Å²) in [6, 6.07) is 8.99. The number of sulfonamides is 1. The number of rotatable bonds is 2. The van der Waals surface area contributed by atoms with E-state index >= 15 is 0 Å². The van der Waals surface area contributed by atoms with Gasteiger partial charge in [0.2, 0.25) is 0 Å². The SMILES string of the molecule is O=S(=O)(c1ccn[nH]1)N1CCNCc2ccccc21. The van der Waals surface area contributed by atoms with Crippen molar-refractivity contribution >= 4 is 15.7 Å². The molecule has 1 aromatic heterocycles. The van der Waals surface area contributed by atoms with Gasteiger partial charge in [-0.3, -0.25) is 9.40 Å². The maximum atomic E-state index is 12.6. The minimum atomic E-state index is -3.58. The second-order valence-corrected chi connectivity index (χ2v) is 6.13. The van der Waals surface area contributed by atoms with Crippen LogP contribution in [0.4, 0.5) is 5.69 Å². The Labute approximate surface area is 111 Å². The summed E-state index contributed by atoms with van der Waals surface area (Å²) in [5, 5.41) is 9.58. The molecule has 0 unspecified atom stereocenters. The lowest BCUT2D eigenvalue weighted by Gasteiger charge is -2.23. The molecule has 0 saturated carbocycles. The van der Waals surface area contributed by atoms with E-state index in [1.165, 1.54) is 16.6 Å². The van der Waals surface area contributed by atoms with Gasteiger partial charge in [-0.2, -0.15) is 13.5 Å². The Balaban J connectivity index is 2.10. The van der Waals surface area contributed by atoms with E-state index in [-0.39, 0.29) is 5.03 Å². The Morgan fingerprint density at radius 3 is 2.84 bits per heavy atom. The molecule has 1 aliphatic rings. The maximum Gasteiger partial charge on any atom is 0.281 e. The zero-order valence-corrected chi connectivity index (χ0v) is 11.0. The normalized spacial score (nSPS) is 15.9. The largest absolute Gasteiger partial charge is 0.311 e. The molecular weight excluding hydrogens is 264 g/mol. The Hall–Kier alpha value is -1.86. The summed E-state index contributed by atoms with van der Waals surface area (Å²) in [4.78, 5) is 0. The highest BCUT2D eigenvalue weighted by Crippen LogP contribution is 2.27. The van der Waals surface area contributed by atoms with Crippen LogP contribution in [0.15, 0.2) is 41.6 Å². The van der Waals surface area contributed by atoms with Gasteiger partial charge < -0.3 is 5.32 Å². The molecule has 1 aromatic carbocycles. The number of nitrogens with zero attached hydrogens (tertiary/aromatic N) is 2. The molecule has 0 radical (unpaired) electrons. The molecule has 0 fully saturated rings. The van der Waals surface area contributed by atoms with Gasteiger partial charge >= 0.3 is 0 Å². The smallest absolute Gasteiger partial charge is 0.281 e. The number of aromatic amines is 1. The maximum absolute atomic E-state index is 12.6. The van der Waals surface area contributed by atoms with Crippen LogP contribution >= 0.6 is 0 Å². The highest BCUT2D eigenvalue weighted by Gasteiger charge is 2.28. The molecule has 2 N–H and O–H groups in total.